The zero-order chi connectivity index (χ0) is 12.3. The second-order valence-corrected chi connectivity index (χ2v) is 4.51. The molecule has 0 unspecified atom stereocenters. The fraction of sp³-hybridized carbons (Fsp3) is 0.0769. The number of carbonyl (C=O) groups excluding carboxylic acids is 2. The zero-order valence-corrected chi connectivity index (χ0v) is 10.1. The maximum atomic E-state index is 12.0. The first-order valence-corrected chi connectivity index (χ1v) is 6.00. The van der Waals surface area contributed by atoms with Crippen LogP contribution in [0.1, 0.15) is 22.2 Å². The molecule has 0 radical (unpaired) electrons. The van der Waals surface area contributed by atoms with E-state index in [0.29, 0.717) is 11.3 Å². The molecule has 0 saturated heterocycles. The molecule has 0 spiro atoms. The van der Waals surface area contributed by atoms with Crippen LogP contribution in [0, 0.1) is 0 Å². The molecule has 1 amide bonds. The number of ketones is 1. The summed E-state index contributed by atoms with van der Waals surface area (Å²) in [5, 5.41) is 4.53. The predicted molar refractivity (Wildman–Crippen MR) is 68.5 cm³/mol. The van der Waals surface area contributed by atoms with Gasteiger partial charge < -0.3 is 5.32 Å². The molecule has 1 aromatic carbocycles. The van der Waals surface area contributed by atoms with Gasteiger partial charge in [0, 0.05) is 18.2 Å². The Labute approximate surface area is 103 Å². The number of hydrogen-bond acceptors (Lipinski definition) is 3. The van der Waals surface area contributed by atoms with E-state index in [-0.39, 0.29) is 11.7 Å². The molecule has 1 N–H and O–H groups in total. The van der Waals surface area contributed by atoms with Gasteiger partial charge in [-0.1, -0.05) is 6.07 Å². The topological polar surface area (TPSA) is 46.2 Å². The van der Waals surface area contributed by atoms with Crippen LogP contribution in [0.3, 0.4) is 0 Å². The third-order valence-corrected chi connectivity index (χ3v) is 3.08. The van der Waals surface area contributed by atoms with E-state index in [1.807, 2.05) is 11.4 Å². The van der Waals surface area contributed by atoms with E-state index in [2.05, 4.69) is 5.32 Å². The standard InChI is InChI=1S/C13H11NO2S/c1-9(15)14-11-6-4-10(5-7-11)13(16)12-3-2-8-17-12/h2-8H,1H3,(H,14,15). The molecule has 17 heavy (non-hydrogen) atoms. The van der Waals surface area contributed by atoms with Gasteiger partial charge in [-0.15, -0.1) is 11.3 Å². The SMILES string of the molecule is CC(=O)Nc1ccc(C(=O)c2cccs2)cc1. The minimum Gasteiger partial charge on any atom is -0.326 e. The highest BCUT2D eigenvalue weighted by Crippen LogP contribution is 2.17. The van der Waals surface area contributed by atoms with Crippen LogP contribution < -0.4 is 5.32 Å². The molecule has 3 nitrogen and oxygen atoms in total. The van der Waals surface area contributed by atoms with Gasteiger partial charge >= 0.3 is 0 Å². The first-order valence-electron chi connectivity index (χ1n) is 5.12. The van der Waals surface area contributed by atoms with Crippen LogP contribution in [0.25, 0.3) is 0 Å². The van der Waals surface area contributed by atoms with Gasteiger partial charge in [0.2, 0.25) is 11.7 Å². The lowest BCUT2D eigenvalue weighted by atomic mass is 10.1. The normalized spacial score (nSPS) is 9.94. The molecule has 0 saturated carbocycles. The quantitative estimate of drug-likeness (QED) is 0.845. The van der Waals surface area contributed by atoms with Gasteiger partial charge in [-0.2, -0.15) is 0 Å². The van der Waals surface area contributed by atoms with Crippen LogP contribution in [0.2, 0.25) is 0 Å². The van der Waals surface area contributed by atoms with Crippen molar-refractivity contribution in [2.75, 3.05) is 5.32 Å². The lowest BCUT2D eigenvalue weighted by Crippen LogP contribution is -2.06. The number of benzene rings is 1. The van der Waals surface area contributed by atoms with Gasteiger partial charge in [0.25, 0.3) is 0 Å². The summed E-state index contributed by atoms with van der Waals surface area (Å²) in [4.78, 5) is 23.5. The Morgan fingerprint density at radius 3 is 2.35 bits per heavy atom. The van der Waals surface area contributed by atoms with Crippen molar-refractivity contribution in [3.05, 3.63) is 52.2 Å². The summed E-state index contributed by atoms with van der Waals surface area (Å²) in [6.07, 6.45) is 0. The molecule has 2 aromatic rings. The summed E-state index contributed by atoms with van der Waals surface area (Å²) >= 11 is 1.42. The van der Waals surface area contributed by atoms with Crippen LogP contribution in [0.5, 0.6) is 0 Å². The predicted octanol–water partition coefficient (Wildman–Crippen LogP) is 2.94. The van der Waals surface area contributed by atoms with Gasteiger partial charge in [-0.25, -0.2) is 0 Å². The van der Waals surface area contributed by atoms with Gasteiger partial charge in [-0.3, -0.25) is 9.59 Å². The molecule has 0 fully saturated rings. The number of hydrogen-bond donors (Lipinski definition) is 1. The van der Waals surface area contributed by atoms with Crippen molar-refractivity contribution in [3.63, 3.8) is 0 Å². The lowest BCUT2D eigenvalue weighted by molar-refractivity contribution is -0.114. The lowest BCUT2D eigenvalue weighted by Gasteiger charge is -2.03. The molecule has 1 heterocycles. The van der Waals surface area contributed by atoms with Crippen molar-refractivity contribution in [3.8, 4) is 0 Å². The Morgan fingerprint density at radius 1 is 1.12 bits per heavy atom. The molecule has 0 atom stereocenters. The highest BCUT2D eigenvalue weighted by molar-refractivity contribution is 7.12. The maximum absolute atomic E-state index is 12.0. The molecule has 0 aliphatic heterocycles. The average Bonchev–Trinajstić information content (AvgIpc) is 2.82. The summed E-state index contributed by atoms with van der Waals surface area (Å²) in [5.74, 6) is -0.114. The molecule has 0 aliphatic carbocycles. The number of anilines is 1. The van der Waals surface area contributed by atoms with Crippen molar-refractivity contribution in [2.24, 2.45) is 0 Å². The number of rotatable bonds is 3. The molecule has 1 aromatic heterocycles. The molecule has 2 rings (SSSR count). The highest BCUT2D eigenvalue weighted by atomic mass is 32.1. The largest absolute Gasteiger partial charge is 0.326 e. The summed E-state index contributed by atoms with van der Waals surface area (Å²) < 4.78 is 0. The number of thiophene rings is 1. The van der Waals surface area contributed by atoms with E-state index in [1.165, 1.54) is 18.3 Å². The van der Waals surface area contributed by atoms with E-state index < -0.39 is 0 Å². The van der Waals surface area contributed by atoms with E-state index in [9.17, 15) is 9.59 Å². The average molecular weight is 245 g/mol. The van der Waals surface area contributed by atoms with Crippen molar-refractivity contribution in [1.82, 2.24) is 0 Å². The van der Waals surface area contributed by atoms with E-state index in [1.54, 1.807) is 30.3 Å². The van der Waals surface area contributed by atoms with E-state index >= 15 is 0 Å². The fourth-order valence-electron chi connectivity index (χ4n) is 1.46. The monoisotopic (exact) mass is 245 g/mol. The Balaban J connectivity index is 2.18. The van der Waals surface area contributed by atoms with E-state index in [4.69, 9.17) is 0 Å². The van der Waals surface area contributed by atoms with Crippen LogP contribution in [-0.4, -0.2) is 11.7 Å². The second-order valence-electron chi connectivity index (χ2n) is 3.56. The van der Waals surface area contributed by atoms with Crippen molar-refractivity contribution in [1.29, 1.82) is 0 Å². The minimum atomic E-state index is -0.123. The van der Waals surface area contributed by atoms with Crippen molar-refractivity contribution in [2.45, 2.75) is 6.92 Å². The number of carbonyl (C=O) groups is 2. The molecule has 86 valence electrons. The van der Waals surface area contributed by atoms with Crippen LogP contribution in [-0.2, 0) is 4.79 Å². The van der Waals surface area contributed by atoms with Gasteiger partial charge in [0.1, 0.15) is 0 Å². The summed E-state index contributed by atoms with van der Waals surface area (Å²) in [5.41, 5.74) is 1.32. The summed E-state index contributed by atoms with van der Waals surface area (Å²) in [6, 6.07) is 10.5. The molecule has 0 aliphatic rings. The summed E-state index contributed by atoms with van der Waals surface area (Å²) in [7, 11) is 0. The minimum absolute atomic E-state index is 0.00868. The second kappa shape index (κ2) is 4.93. The Bertz CT molecular complexity index is 529. The van der Waals surface area contributed by atoms with Crippen LogP contribution in [0.15, 0.2) is 41.8 Å². The van der Waals surface area contributed by atoms with Crippen LogP contribution in [0.4, 0.5) is 5.69 Å². The van der Waals surface area contributed by atoms with Crippen molar-refractivity contribution >= 4 is 28.7 Å². The third kappa shape index (κ3) is 2.79. The Morgan fingerprint density at radius 2 is 1.82 bits per heavy atom. The Kier molecular flexibility index (Phi) is 3.35. The number of amides is 1. The van der Waals surface area contributed by atoms with Crippen molar-refractivity contribution < 1.29 is 9.59 Å². The van der Waals surface area contributed by atoms with E-state index in [0.717, 1.165) is 4.88 Å². The first kappa shape index (κ1) is 11.5. The molecular weight excluding hydrogens is 234 g/mol. The van der Waals surface area contributed by atoms with Gasteiger partial charge in [0.15, 0.2) is 0 Å². The number of nitrogens with one attached hydrogen (secondary N) is 1. The van der Waals surface area contributed by atoms with Gasteiger partial charge in [0.05, 0.1) is 4.88 Å². The first-order chi connectivity index (χ1) is 8.16. The van der Waals surface area contributed by atoms with Crippen LogP contribution >= 0.6 is 11.3 Å². The van der Waals surface area contributed by atoms with Gasteiger partial charge in [-0.05, 0) is 35.7 Å². The maximum Gasteiger partial charge on any atom is 0.221 e. The molecular formula is C13H11NO2S. The Hall–Kier alpha value is -1.94. The highest BCUT2D eigenvalue weighted by Gasteiger charge is 2.09. The zero-order valence-electron chi connectivity index (χ0n) is 9.27. The third-order valence-electron chi connectivity index (χ3n) is 2.21. The molecule has 4 heteroatoms. The summed E-state index contributed by atoms with van der Waals surface area (Å²) in [6.45, 7) is 1.45. The smallest absolute Gasteiger partial charge is 0.221 e. The fourth-order valence-corrected chi connectivity index (χ4v) is 2.14. The molecule has 0 bridgehead atoms.